The van der Waals surface area contributed by atoms with Crippen molar-refractivity contribution in [1.82, 2.24) is 5.32 Å². The lowest BCUT2D eigenvalue weighted by molar-refractivity contribution is -0.122. The quantitative estimate of drug-likeness (QED) is 0.482. The van der Waals surface area contributed by atoms with Gasteiger partial charge in [-0.25, -0.2) is 4.39 Å². The molecule has 1 aliphatic heterocycles. The molecule has 0 unspecified atom stereocenters. The number of benzene rings is 3. The van der Waals surface area contributed by atoms with Crippen molar-refractivity contribution in [2.24, 2.45) is 0 Å². The molecule has 0 aromatic heterocycles. The fourth-order valence-corrected chi connectivity index (χ4v) is 4.65. The number of para-hydroxylation sites is 1. The van der Waals surface area contributed by atoms with Gasteiger partial charge in [0.15, 0.2) is 0 Å². The molecule has 31 heavy (non-hydrogen) atoms. The third-order valence-corrected chi connectivity index (χ3v) is 6.25. The molecule has 3 aromatic rings. The molecule has 4 rings (SSSR count). The van der Waals surface area contributed by atoms with Gasteiger partial charge >= 0.3 is 0 Å². The van der Waals surface area contributed by atoms with E-state index in [-0.39, 0.29) is 30.7 Å². The molecule has 4 nitrogen and oxygen atoms in total. The van der Waals surface area contributed by atoms with Crippen molar-refractivity contribution in [2.75, 3.05) is 11.4 Å². The summed E-state index contributed by atoms with van der Waals surface area (Å²) in [6.07, 6.45) is 1.83. The molecule has 7 heteroatoms. The molecule has 156 valence electrons. The summed E-state index contributed by atoms with van der Waals surface area (Å²) in [7, 11) is 0. The van der Waals surface area contributed by atoms with Crippen LogP contribution in [0.3, 0.4) is 0 Å². The number of nitrogens with one attached hydrogen (secondary N) is 1. The lowest BCUT2D eigenvalue weighted by Crippen LogP contribution is -2.42. The van der Waals surface area contributed by atoms with Crippen molar-refractivity contribution < 1.29 is 14.0 Å². The second-order valence-electron chi connectivity index (χ2n) is 6.93. The zero-order chi connectivity index (χ0) is 21.8. The lowest BCUT2D eigenvalue weighted by Gasteiger charge is -2.29. The molecule has 0 atom stereocenters. The summed E-state index contributed by atoms with van der Waals surface area (Å²) >= 11 is 4.84. The number of carbonyl (C=O) groups excluding carboxylic acids is 2. The molecule has 0 aliphatic carbocycles. The van der Waals surface area contributed by atoms with Gasteiger partial charge in [-0.1, -0.05) is 64.1 Å². The second kappa shape index (κ2) is 9.49. The van der Waals surface area contributed by atoms with E-state index in [9.17, 15) is 14.0 Å². The number of hydrogen-bond donors (Lipinski definition) is 1. The highest BCUT2D eigenvalue weighted by molar-refractivity contribution is 9.10. The zero-order valence-electron chi connectivity index (χ0n) is 16.3. The maximum absolute atomic E-state index is 13.2. The molecule has 0 saturated heterocycles. The number of fused-ring (bicyclic) bond motifs is 1. The molecule has 0 bridgehead atoms. The summed E-state index contributed by atoms with van der Waals surface area (Å²) in [5, 5.41) is 2.80. The molecule has 1 N–H and O–H groups in total. The van der Waals surface area contributed by atoms with Crippen molar-refractivity contribution in [1.29, 1.82) is 0 Å². The Labute approximate surface area is 192 Å². The SMILES string of the molecule is O=C(CN1C(=O)/C(=C\c2cccc(Br)c2)Sc2ccccc21)NCc1ccc(F)cc1. The van der Waals surface area contributed by atoms with Crippen LogP contribution >= 0.6 is 27.7 Å². The van der Waals surface area contributed by atoms with Crippen molar-refractivity contribution >= 4 is 51.3 Å². The van der Waals surface area contributed by atoms with Gasteiger partial charge in [-0.3, -0.25) is 14.5 Å². The van der Waals surface area contributed by atoms with Gasteiger partial charge in [-0.05, 0) is 53.6 Å². The van der Waals surface area contributed by atoms with Crippen molar-refractivity contribution in [2.45, 2.75) is 11.4 Å². The lowest BCUT2D eigenvalue weighted by atomic mass is 10.2. The van der Waals surface area contributed by atoms with Crippen LogP contribution in [0.5, 0.6) is 0 Å². The molecular formula is C24H18BrFN2O2S. The number of nitrogens with zero attached hydrogens (tertiary/aromatic N) is 1. The van der Waals surface area contributed by atoms with E-state index in [4.69, 9.17) is 0 Å². The normalized spacial score (nSPS) is 14.5. The zero-order valence-corrected chi connectivity index (χ0v) is 18.8. The number of rotatable bonds is 5. The van der Waals surface area contributed by atoms with Crippen LogP contribution in [0.25, 0.3) is 6.08 Å². The van der Waals surface area contributed by atoms with Gasteiger partial charge in [0, 0.05) is 15.9 Å². The summed E-state index contributed by atoms with van der Waals surface area (Å²) in [6, 6.07) is 21.1. The number of carbonyl (C=O) groups is 2. The van der Waals surface area contributed by atoms with E-state index in [2.05, 4.69) is 21.2 Å². The summed E-state index contributed by atoms with van der Waals surface area (Å²) in [5.74, 6) is -0.838. The van der Waals surface area contributed by atoms with Gasteiger partial charge in [0.1, 0.15) is 12.4 Å². The van der Waals surface area contributed by atoms with E-state index in [1.807, 2.05) is 54.6 Å². The standard InChI is InChI=1S/C24H18BrFN2O2S/c25-18-5-3-4-17(12-18)13-22-24(30)28(20-6-1-2-7-21(20)31-22)15-23(29)27-14-16-8-10-19(26)11-9-16/h1-13H,14-15H2,(H,27,29)/b22-13+. The van der Waals surface area contributed by atoms with Gasteiger partial charge in [-0.15, -0.1) is 0 Å². The average molecular weight is 497 g/mol. The topological polar surface area (TPSA) is 49.4 Å². The van der Waals surface area contributed by atoms with Crippen LogP contribution in [0.4, 0.5) is 10.1 Å². The molecule has 1 heterocycles. The Morgan fingerprint density at radius 1 is 1.06 bits per heavy atom. The van der Waals surface area contributed by atoms with Gasteiger partial charge in [0.05, 0.1) is 10.6 Å². The molecule has 2 amide bonds. The first-order valence-corrected chi connectivity index (χ1v) is 11.2. The minimum absolute atomic E-state index is 0.104. The van der Waals surface area contributed by atoms with E-state index in [1.165, 1.54) is 28.8 Å². The second-order valence-corrected chi connectivity index (χ2v) is 8.93. The monoisotopic (exact) mass is 496 g/mol. The molecule has 0 radical (unpaired) electrons. The maximum atomic E-state index is 13.2. The van der Waals surface area contributed by atoms with Gasteiger partial charge in [0.2, 0.25) is 5.91 Å². The summed E-state index contributed by atoms with van der Waals surface area (Å²) in [4.78, 5) is 28.8. The number of halogens is 2. The molecule has 0 saturated carbocycles. The Morgan fingerprint density at radius 2 is 1.84 bits per heavy atom. The van der Waals surface area contributed by atoms with Crippen LogP contribution in [0.15, 0.2) is 87.1 Å². The van der Waals surface area contributed by atoms with E-state index in [0.29, 0.717) is 10.6 Å². The Morgan fingerprint density at radius 3 is 2.61 bits per heavy atom. The van der Waals surface area contributed by atoms with Crippen LogP contribution < -0.4 is 10.2 Å². The van der Waals surface area contributed by atoms with Gasteiger partial charge in [-0.2, -0.15) is 0 Å². The fraction of sp³-hybridized carbons (Fsp3) is 0.0833. The third-order valence-electron chi connectivity index (χ3n) is 4.68. The molecule has 1 aliphatic rings. The van der Waals surface area contributed by atoms with E-state index < -0.39 is 0 Å². The smallest absolute Gasteiger partial charge is 0.265 e. The summed E-state index contributed by atoms with van der Waals surface area (Å²) in [6.45, 7) is 0.158. The summed E-state index contributed by atoms with van der Waals surface area (Å²) < 4.78 is 14.0. The van der Waals surface area contributed by atoms with Crippen LogP contribution in [0.2, 0.25) is 0 Å². The largest absolute Gasteiger partial charge is 0.350 e. The van der Waals surface area contributed by atoms with Crippen LogP contribution in [0, 0.1) is 5.82 Å². The Kier molecular flexibility index (Phi) is 6.53. The fourth-order valence-electron chi connectivity index (χ4n) is 3.17. The minimum atomic E-state index is -0.326. The van der Waals surface area contributed by atoms with E-state index >= 15 is 0 Å². The first kappa shape index (κ1) is 21.3. The van der Waals surface area contributed by atoms with Crippen molar-refractivity contribution in [3.05, 3.63) is 99.1 Å². The van der Waals surface area contributed by atoms with Crippen LogP contribution in [0.1, 0.15) is 11.1 Å². The highest BCUT2D eigenvalue weighted by atomic mass is 79.9. The molecule has 0 fully saturated rings. The highest BCUT2D eigenvalue weighted by Crippen LogP contribution is 2.42. The minimum Gasteiger partial charge on any atom is -0.350 e. The first-order chi connectivity index (χ1) is 15.0. The number of thioether (sulfide) groups is 1. The average Bonchev–Trinajstić information content (AvgIpc) is 2.76. The number of hydrogen-bond acceptors (Lipinski definition) is 3. The van der Waals surface area contributed by atoms with Crippen LogP contribution in [-0.2, 0) is 16.1 Å². The predicted octanol–water partition coefficient (Wildman–Crippen LogP) is 5.38. The number of anilines is 1. The molecule has 0 spiro atoms. The van der Waals surface area contributed by atoms with Gasteiger partial charge in [0.25, 0.3) is 5.91 Å². The maximum Gasteiger partial charge on any atom is 0.265 e. The Bertz CT molecular complexity index is 1160. The highest BCUT2D eigenvalue weighted by Gasteiger charge is 2.30. The summed E-state index contributed by atoms with van der Waals surface area (Å²) in [5.41, 5.74) is 2.39. The van der Waals surface area contributed by atoms with Crippen LogP contribution in [-0.4, -0.2) is 18.4 Å². The molecular weight excluding hydrogens is 479 g/mol. The Balaban J connectivity index is 1.54. The number of amides is 2. The first-order valence-electron chi connectivity index (χ1n) is 9.57. The van der Waals surface area contributed by atoms with Gasteiger partial charge < -0.3 is 5.32 Å². The molecule has 3 aromatic carbocycles. The van der Waals surface area contributed by atoms with E-state index in [0.717, 1.165) is 20.5 Å². The van der Waals surface area contributed by atoms with Crippen molar-refractivity contribution in [3.63, 3.8) is 0 Å². The third kappa shape index (κ3) is 5.24. The van der Waals surface area contributed by atoms with Crippen molar-refractivity contribution in [3.8, 4) is 0 Å². The Hall–Kier alpha value is -2.90. The predicted molar refractivity (Wildman–Crippen MR) is 125 cm³/mol. The van der Waals surface area contributed by atoms with E-state index in [1.54, 1.807) is 12.1 Å².